The van der Waals surface area contributed by atoms with Crippen LogP contribution in [0.4, 0.5) is 0 Å². The maximum absolute atomic E-state index is 12.3. The lowest BCUT2D eigenvalue weighted by Gasteiger charge is -2.25. The van der Waals surface area contributed by atoms with Gasteiger partial charge in [-0.25, -0.2) is 0 Å². The summed E-state index contributed by atoms with van der Waals surface area (Å²) in [5.41, 5.74) is 1.23. The van der Waals surface area contributed by atoms with Crippen LogP contribution >= 0.6 is 0 Å². The van der Waals surface area contributed by atoms with Gasteiger partial charge in [-0.1, -0.05) is 12.1 Å². The molecule has 0 unspecified atom stereocenters. The number of hydrogen-bond acceptors (Lipinski definition) is 10. The molecular formula is C29H34N4O8. The minimum absolute atomic E-state index is 0.196. The van der Waals surface area contributed by atoms with Gasteiger partial charge in [0.1, 0.15) is 0 Å². The van der Waals surface area contributed by atoms with Gasteiger partial charge in [0, 0.05) is 10.8 Å². The number of ether oxygens (including phenoxy) is 4. The summed E-state index contributed by atoms with van der Waals surface area (Å²) in [5, 5.41) is 15.1. The van der Waals surface area contributed by atoms with Gasteiger partial charge in [0.15, 0.2) is 11.3 Å². The first-order valence-corrected chi connectivity index (χ1v) is 13.2. The molecule has 0 atom stereocenters. The van der Waals surface area contributed by atoms with Crippen molar-refractivity contribution < 1.29 is 38.1 Å². The van der Waals surface area contributed by atoms with Crippen LogP contribution in [0.25, 0.3) is 21.8 Å². The van der Waals surface area contributed by atoms with Crippen LogP contribution in [0.3, 0.4) is 0 Å². The number of hydrogen-bond donors (Lipinski definition) is 2. The first-order valence-electron chi connectivity index (χ1n) is 13.2. The molecule has 218 valence electrons. The average molecular weight is 567 g/mol. The Bertz CT molecular complexity index is 1470. The number of esters is 4. The van der Waals surface area contributed by atoms with Gasteiger partial charge in [-0.05, 0) is 70.0 Å². The first-order chi connectivity index (χ1) is 19.7. The molecular weight excluding hydrogens is 532 g/mol. The number of nitrogens with zero attached hydrogens (tertiary/aromatic N) is 2. The Morgan fingerprint density at radius 3 is 1.66 bits per heavy atom. The third-order valence-electron chi connectivity index (χ3n) is 6.23. The molecule has 4 rings (SSSR count). The monoisotopic (exact) mass is 566 g/mol. The summed E-state index contributed by atoms with van der Waals surface area (Å²) >= 11 is 0. The maximum Gasteiger partial charge on any atom is 0.327 e. The smallest absolute Gasteiger partial charge is 0.327 e. The summed E-state index contributed by atoms with van der Waals surface area (Å²) in [7, 11) is 0. The SMILES string of the molecule is CCOC(=O)C(C(=O)OCC)c1ccc2[nH]ncc2c1.CCOC(=O)C(C)(C(=O)OCC)c1ccc2[nH]ncc2c1. The average Bonchev–Trinajstić information content (AvgIpc) is 3.62. The van der Waals surface area contributed by atoms with Gasteiger partial charge >= 0.3 is 23.9 Å². The van der Waals surface area contributed by atoms with E-state index in [4.69, 9.17) is 18.9 Å². The summed E-state index contributed by atoms with van der Waals surface area (Å²) in [4.78, 5) is 48.6. The fraction of sp³-hybridized carbons (Fsp3) is 0.379. The number of aromatic amines is 2. The second-order valence-electron chi connectivity index (χ2n) is 8.89. The van der Waals surface area contributed by atoms with Gasteiger partial charge in [-0.2, -0.15) is 10.2 Å². The lowest BCUT2D eigenvalue weighted by Crippen LogP contribution is -2.43. The molecule has 0 radical (unpaired) electrons. The predicted octanol–water partition coefficient (Wildman–Crippen LogP) is 3.72. The van der Waals surface area contributed by atoms with Gasteiger partial charge in [-0.15, -0.1) is 0 Å². The third kappa shape index (κ3) is 6.89. The highest BCUT2D eigenvalue weighted by Crippen LogP contribution is 2.30. The zero-order valence-corrected chi connectivity index (χ0v) is 23.7. The molecule has 4 aromatic rings. The van der Waals surface area contributed by atoms with E-state index < -0.39 is 35.2 Å². The lowest BCUT2D eigenvalue weighted by atomic mass is 9.82. The van der Waals surface area contributed by atoms with Crippen LogP contribution in [0.5, 0.6) is 0 Å². The van der Waals surface area contributed by atoms with Crippen molar-refractivity contribution in [3.8, 4) is 0 Å². The molecule has 12 nitrogen and oxygen atoms in total. The van der Waals surface area contributed by atoms with E-state index in [0.29, 0.717) is 11.1 Å². The number of rotatable bonds is 10. The number of benzene rings is 2. The lowest BCUT2D eigenvalue weighted by molar-refractivity contribution is -0.164. The zero-order valence-electron chi connectivity index (χ0n) is 23.7. The highest BCUT2D eigenvalue weighted by atomic mass is 16.6. The van der Waals surface area contributed by atoms with Crippen LogP contribution in [-0.2, 0) is 43.5 Å². The second kappa shape index (κ2) is 14.1. The molecule has 0 amide bonds. The topological polar surface area (TPSA) is 163 Å². The van der Waals surface area contributed by atoms with Crippen molar-refractivity contribution in [1.29, 1.82) is 0 Å². The number of fused-ring (bicyclic) bond motifs is 2. The molecule has 0 aliphatic carbocycles. The normalized spacial score (nSPS) is 11.1. The van der Waals surface area contributed by atoms with Crippen LogP contribution in [0.1, 0.15) is 51.7 Å². The molecule has 0 spiro atoms. The van der Waals surface area contributed by atoms with Gasteiger partial charge < -0.3 is 18.9 Å². The fourth-order valence-electron chi connectivity index (χ4n) is 4.08. The van der Waals surface area contributed by atoms with Gasteiger partial charge in [0.25, 0.3) is 0 Å². The minimum atomic E-state index is -1.49. The quantitative estimate of drug-likeness (QED) is 0.164. The van der Waals surface area contributed by atoms with E-state index in [1.807, 2.05) is 0 Å². The van der Waals surface area contributed by atoms with E-state index in [-0.39, 0.29) is 26.4 Å². The highest BCUT2D eigenvalue weighted by Gasteiger charge is 2.46. The Hall–Kier alpha value is -4.74. The summed E-state index contributed by atoms with van der Waals surface area (Å²) in [5.74, 6) is -3.51. The molecule has 0 aliphatic heterocycles. The molecule has 0 fully saturated rings. The van der Waals surface area contributed by atoms with Crippen LogP contribution < -0.4 is 0 Å². The molecule has 2 heterocycles. The first kappa shape index (κ1) is 30.8. The van der Waals surface area contributed by atoms with E-state index in [9.17, 15) is 19.2 Å². The molecule has 12 heteroatoms. The van der Waals surface area contributed by atoms with Gasteiger partial charge in [0.05, 0.1) is 49.9 Å². The van der Waals surface area contributed by atoms with Gasteiger partial charge in [0.2, 0.25) is 0 Å². The number of nitrogens with one attached hydrogen (secondary N) is 2. The summed E-state index contributed by atoms with van der Waals surface area (Å²) in [6.07, 6.45) is 3.27. The third-order valence-corrected chi connectivity index (χ3v) is 6.23. The Morgan fingerprint density at radius 2 is 1.17 bits per heavy atom. The molecule has 2 aromatic carbocycles. The highest BCUT2D eigenvalue weighted by molar-refractivity contribution is 6.06. The molecule has 0 bridgehead atoms. The van der Waals surface area contributed by atoms with Gasteiger partial charge in [-0.3, -0.25) is 29.4 Å². The van der Waals surface area contributed by atoms with E-state index >= 15 is 0 Å². The van der Waals surface area contributed by atoms with Crippen molar-refractivity contribution in [3.63, 3.8) is 0 Å². The predicted molar refractivity (Wildman–Crippen MR) is 149 cm³/mol. The Kier molecular flexibility index (Phi) is 10.6. The van der Waals surface area contributed by atoms with Crippen LogP contribution in [0.2, 0.25) is 0 Å². The fourth-order valence-corrected chi connectivity index (χ4v) is 4.08. The van der Waals surface area contributed by atoms with E-state index in [2.05, 4.69) is 20.4 Å². The Labute approximate surface area is 236 Å². The molecule has 41 heavy (non-hydrogen) atoms. The van der Waals surface area contributed by atoms with Crippen molar-refractivity contribution in [1.82, 2.24) is 20.4 Å². The Morgan fingerprint density at radius 1 is 0.707 bits per heavy atom. The summed E-state index contributed by atoms with van der Waals surface area (Å²) < 4.78 is 20.0. The summed E-state index contributed by atoms with van der Waals surface area (Å²) in [6, 6.07) is 10.4. The molecule has 0 saturated carbocycles. The maximum atomic E-state index is 12.3. The van der Waals surface area contributed by atoms with Crippen molar-refractivity contribution in [2.75, 3.05) is 26.4 Å². The number of H-pyrrole nitrogens is 2. The molecule has 2 aromatic heterocycles. The number of aromatic nitrogens is 4. The van der Waals surface area contributed by atoms with Crippen LogP contribution in [0, 0.1) is 0 Å². The van der Waals surface area contributed by atoms with Crippen molar-refractivity contribution >= 4 is 45.7 Å². The second-order valence-corrected chi connectivity index (χ2v) is 8.89. The zero-order chi connectivity index (χ0) is 30.0. The number of carbonyl (C=O) groups is 4. The molecule has 0 aliphatic rings. The van der Waals surface area contributed by atoms with E-state index in [1.54, 1.807) is 76.5 Å². The van der Waals surface area contributed by atoms with Crippen molar-refractivity contribution in [2.24, 2.45) is 0 Å². The molecule has 2 N–H and O–H groups in total. The summed E-state index contributed by atoms with van der Waals surface area (Å²) in [6.45, 7) is 9.11. The molecule has 0 saturated heterocycles. The Balaban J connectivity index is 0.000000226. The minimum Gasteiger partial charge on any atom is -0.465 e. The number of carbonyl (C=O) groups excluding carboxylic acids is 4. The standard InChI is InChI=1S/C15H18N2O4.C14H16N2O4/c1-4-20-13(18)15(3,14(19)21-5-2)11-6-7-12-10(8-11)9-16-17-12;1-3-19-13(17)12(14(18)20-4-2)9-5-6-11-10(7-9)8-15-16-11/h6-9H,4-5H2,1-3H3,(H,16,17);5-8,12H,3-4H2,1-2H3,(H,15,16). The van der Waals surface area contributed by atoms with E-state index in [0.717, 1.165) is 21.8 Å². The van der Waals surface area contributed by atoms with Crippen molar-refractivity contribution in [3.05, 3.63) is 59.9 Å². The largest absolute Gasteiger partial charge is 0.465 e. The van der Waals surface area contributed by atoms with E-state index in [1.165, 1.54) is 6.92 Å². The van der Waals surface area contributed by atoms with Crippen LogP contribution in [0.15, 0.2) is 48.8 Å². The van der Waals surface area contributed by atoms with Crippen LogP contribution in [-0.4, -0.2) is 70.7 Å². The van der Waals surface area contributed by atoms with Crippen molar-refractivity contribution in [2.45, 2.75) is 46.0 Å².